The van der Waals surface area contributed by atoms with Gasteiger partial charge in [0, 0.05) is 30.2 Å². The summed E-state index contributed by atoms with van der Waals surface area (Å²) in [5, 5.41) is 3.67. The van der Waals surface area contributed by atoms with Crippen molar-refractivity contribution >= 4 is 11.6 Å². The topological polar surface area (TPSA) is 24.5 Å². The predicted octanol–water partition coefficient (Wildman–Crippen LogP) is 2.15. The molecule has 5 heteroatoms. The zero-order chi connectivity index (χ0) is 13.4. The molecule has 102 valence electrons. The van der Waals surface area contributed by atoms with Gasteiger partial charge in [-0.15, -0.1) is 0 Å². The minimum absolute atomic E-state index is 0.236. The monoisotopic (exact) mass is 274 g/mol. The van der Waals surface area contributed by atoms with Crippen molar-refractivity contribution in [2.24, 2.45) is 0 Å². The fraction of sp³-hybridized carbons (Fsp3) is 0.538. The molecule has 1 aromatic rings. The Morgan fingerprint density at radius 3 is 2.83 bits per heavy atom. The van der Waals surface area contributed by atoms with Crippen LogP contribution in [0, 0.1) is 5.82 Å². The van der Waals surface area contributed by atoms with Crippen LogP contribution in [0.15, 0.2) is 18.2 Å². The van der Waals surface area contributed by atoms with Crippen LogP contribution in [0.1, 0.15) is 5.56 Å². The number of hydrogen-bond donors (Lipinski definition) is 1. The Morgan fingerprint density at radius 2 is 2.11 bits per heavy atom. The molecule has 1 rings (SSSR count). The van der Waals surface area contributed by atoms with E-state index in [1.807, 2.05) is 14.1 Å². The fourth-order valence-electron chi connectivity index (χ4n) is 1.40. The molecule has 0 bridgehead atoms. The number of hydrogen-bond acceptors (Lipinski definition) is 3. The van der Waals surface area contributed by atoms with Crippen LogP contribution in [-0.2, 0) is 11.3 Å². The maximum Gasteiger partial charge on any atom is 0.127 e. The molecule has 0 amide bonds. The Hall–Kier alpha value is -0.680. The molecule has 0 saturated heterocycles. The molecule has 0 spiro atoms. The van der Waals surface area contributed by atoms with Gasteiger partial charge in [0.2, 0.25) is 0 Å². The average Bonchev–Trinajstić information content (AvgIpc) is 2.32. The number of rotatable bonds is 8. The van der Waals surface area contributed by atoms with Crippen LogP contribution in [0.2, 0.25) is 5.02 Å². The first-order valence-corrected chi connectivity index (χ1v) is 6.34. The molecule has 0 aliphatic carbocycles. The quantitative estimate of drug-likeness (QED) is 0.735. The number of ether oxygens (including phenoxy) is 1. The Balaban J connectivity index is 2.12. The van der Waals surface area contributed by atoms with Crippen LogP contribution in [-0.4, -0.2) is 45.3 Å². The minimum atomic E-state index is -0.236. The van der Waals surface area contributed by atoms with Gasteiger partial charge >= 0.3 is 0 Å². The second kappa shape index (κ2) is 8.43. The van der Waals surface area contributed by atoms with Crippen molar-refractivity contribution in [3.63, 3.8) is 0 Å². The van der Waals surface area contributed by atoms with Gasteiger partial charge in [0.15, 0.2) is 0 Å². The SMILES string of the molecule is CN(C)CCOCCNCc1cc(Cl)ccc1F. The van der Waals surface area contributed by atoms with Gasteiger partial charge in [-0.3, -0.25) is 0 Å². The molecule has 18 heavy (non-hydrogen) atoms. The van der Waals surface area contributed by atoms with Gasteiger partial charge in [0.1, 0.15) is 5.82 Å². The highest BCUT2D eigenvalue weighted by atomic mass is 35.5. The van der Waals surface area contributed by atoms with Crippen LogP contribution in [0.3, 0.4) is 0 Å². The zero-order valence-electron chi connectivity index (χ0n) is 10.9. The van der Waals surface area contributed by atoms with Crippen LogP contribution in [0.5, 0.6) is 0 Å². The van der Waals surface area contributed by atoms with E-state index in [0.717, 1.165) is 6.54 Å². The molecule has 0 heterocycles. The summed E-state index contributed by atoms with van der Waals surface area (Å²) in [7, 11) is 4.01. The lowest BCUT2D eigenvalue weighted by Crippen LogP contribution is -2.23. The summed E-state index contributed by atoms with van der Waals surface area (Å²) < 4.78 is 18.8. The van der Waals surface area contributed by atoms with E-state index >= 15 is 0 Å². The molecule has 0 aliphatic heterocycles. The van der Waals surface area contributed by atoms with Gasteiger partial charge < -0.3 is 15.0 Å². The number of nitrogens with one attached hydrogen (secondary N) is 1. The highest BCUT2D eigenvalue weighted by Gasteiger charge is 2.02. The summed E-state index contributed by atoms with van der Waals surface area (Å²) in [5.74, 6) is -0.236. The van der Waals surface area contributed by atoms with E-state index in [-0.39, 0.29) is 5.82 Å². The molecule has 0 unspecified atom stereocenters. The molecular weight excluding hydrogens is 255 g/mol. The molecule has 1 aromatic carbocycles. The molecule has 0 fully saturated rings. The standard InChI is InChI=1S/C13H20ClFN2O/c1-17(2)6-8-18-7-5-16-10-11-9-12(14)3-4-13(11)15/h3-4,9,16H,5-8,10H2,1-2H3. The summed E-state index contributed by atoms with van der Waals surface area (Å²) in [6.07, 6.45) is 0. The predicted molar refractivity (Wildman–Crippen MR) is 72.5 cm³/mol. The highest BCUT2D eigenvalue weighted by molar-refractivity contribution is 6.30. The van der Waals surface area contributed by atoms with Gasteiger partial charge in [-0.2, -0.15) is 0 Å². The lowest BCUT2D eigenvalue weighted by Gasteiger charge is -2.10. The van der Waals surface area contributed by atoms with Crippen molar-refractivity contribution in [3.8, 4) is 0 Å². The van der Waals surface area contributed by atoms with E-state index in [1.165, 1.54) is 6.07 Å². The van der Waals surface area contributed by atoms with Crippen molar-refractivity contribution in [2.75, 3.05) is 40.4 Å². The second-order valence-electron chi connectivity index (χ2n) is 4.33. The Bertz CT molecular complexity index is 361. The first kappa shape index (κ1) is 15.4. The molecule has 1 N–H and O–H groups in total. The number of nitrogens with zero attached hydrogens (tertiary/aromatic N) is 1. The van der Waals surface area contributed by atoms with Crippen molar-refractivity contribution in [1.29, 1.82) is 0 Å². The maximum atomic E-state index is 13.4. The van der Waals surface area contributed by atoms with Gasteiger partial charge in [-0.25, -0.2) is 4.39 Å². The van der Waals surface area contributed by atoms with Crippen LogP contribution in [0.4, 0.5) is 4.39 Å². The lowest BCUT2D eigenvalue weighted by atomic mass is 10.2. The molecule has 3 nitrogen and oxygen atoms in total. The summed E-state index contributed by atoms with van der Waals surface area (Å²) >= 11 is 5.80. The summed E-state index contributed by atoms with van der Waals surface area (Å²) in [6, 6.07) is 4.56. The minimum Gasteiger partial charge on any atom is -0.379 e. The highest BCUT2D eigenvalue weighted by Crippen LogP contribution is 2.14. The fourth-order valence-corrected chi connectivity index (χ4v) is 1.59. The van der Waals surface area contributed by atoms with E-state index < -0.39 is 0 Å². The summed E-state index contributed by atoms with van der Waals surface area (Å²) in [6.45, 7) is 3.39. The van der Waals surface area contributed by atoms with E-state index in [4.69, 9.17) is 16.3 Å². The summed E-state index contributed by atoms with van der Waals surface area (Å²) in [4.78, 5) is 2.06. The van der Waals surface area contributed by atoms with Crippen LogP contribution in [0.25, 0.3) is 0 Å². The van der Waals surface area contributed by atoms with Crippen molar-refractivity contribution in [3.05, 3.63) is 34.6 Å². The second-order valence-corrected chi connectivity index (χ2v) is 4.76. The largest absolute Gasteiger partial charge is 0.379 e. The zero-order valence-corrected chi connectivity index (χ0v) is 11.6. The third kappa shape index (κ3) is 6.31. The Labute approximate surface area is 113 Å². The molecule has 0 radical (unpaired) electrons. The number of likely N-dealkylation sites (N-methyl/N-ethyl adjacent to an activating group) is 1. The van der Waals surface area contributed by atoms with Crippen LogP contribution >= 0.6 is 11.6 Å². The van der Waals surface area contributed by atoms with Crippen molar-refractivity contribution in [1.82, 2.24) is 10.2 Å². The molecule has 0 aromatic heterocycles. The summed E-state index contributed by atoms with van der Waals surface area (Å²) in [5.41, 5.74) is 0.579. The molecule has 0 atom stereocenters. The normalized spacial score (nSPS) is 11.2. The first-order valence-electron chi connectivity index (χ1n) is 5.96. The Morgan fingerprint density at radius 1 is 1.33 bits per heavy atom. The molecular formula is C13H20ClFN2O. The Kier molecular flexibility index (Phi) is 7.20. The maximum absolute atomic E-state index is 13.4. The van der Waals surface area contributed by atoms with Gasteiger partial charge in [0.25, 0.3) is 0 Å². The van der Waals surface area contributed by atoms with E-state index in [2.05, 4.69) is 10.2 Å². The molecule has 0 saturated carbocycles. The average molecular weight is 275 g/mol. The first-order chi connectivity index (χ1) is 8.59. The van der Waals surface area contributed by atoms with Gasteiger partial charge in [-0.1, -0.05) is 11.6 Å². The van der Waals surface area contributed by atoms with Crippen molar-refractivity contribution in [2.45, 2.75) is 6.54 Å². The number of halogens is 2. The third-order valence-electron chi connectivity index (χ3n) is 2.43. The van der Waals surface area contributed by atoms with E-state index in [1.54, 1.807) is 12.1 Å². The number of benzene rings is 1. The van der Waals surface area contributed by atoms with Crippen molar-refractivity contribution < 1.29 is 9.13 Å². The van der Waals surface area contributed by atoms with E-state index in [0.29, 0.717) is 36.9 Å². The smallest absolute Gasteiger partial charge is 0.127 e. The van der Waals surface area contributed by atoms with Gasteiger partial charge in [0.05, 0.1) is 13.2 Å². The lowest BCUT2D eigenvalue weighted by molar-refractivity contribution is 0.119. The molecule has 0 aliphatic rings. The van der Waals surface area contributed by atoms with Gasteiger partial charge in [-0.05, 0) is 32.3 Å². The van der Waals surface area contributed by atoms with E-state index in [9.17, 15) is 4.39 Å². The van der Waals surface area contributed by atoms with Crippen LogP contribution < -0.4 is 5.32 Å². The third-order valence-corrected chi connectivity index (χ3v) is 2.66.